The van der Waals surface area contributed by atoms with Gasteiger partial charge in [0.05, 0.1) is 11.3 Å². The second kappa shape index (κ2) is 7.75. The lowest BCUT2D eigenvalue weighted by Gasteiger charge is -2.31. The molecule has 0 radical (unpaired) electrons. The first-order valence-corrected chi connectivity index (χ1v) is 9.31. The number of likely N-dealkylation sites (tertiary alicyclic amines) is 1. The van der Waals surface area contributed by atoms with E-state index < -0.39 is 11.7 Å². The van der Waals surface area contributed by atoms with Crippen molar-refractivity contribution >= 4 is 22.4 Å². The molecule has 1 aromatic carbocycles. The highest BCUT2D eigenvalue weighted by atomic mass is 32.1. The van der Waals surface area contributed by atoms with Crippen LogP contribution in [0.2, 0.25) is 0 Å². The van der Waals surface area contributed by atoms with Crippen LogP contribution in [0.25, 0.3) is 0 Å². The van der Waals surface area contributed by atoms with Crippen molar-refractivity contribution in [3.63, 3.8) is 0 Å². The molecule has 0 aliphatic carbocycles. The van der Waals surface area contributed by atoms with E-state index in [1.54, 1.807) is 6.07 Å². The number of amides is 1. The van der Waals surface area contributed by atoms with Gasteiger partial charge in [0.15, 0.2) is 5.13 Å². The number of nitrogens with zero attached hydrogens (tertiary/aromatic N) is 2. The number of carbonyl (C=O) groups is 1. The highest BCUT2D eigenvalue weighted by Crippen LogP contribution is 2.30. The van der Waals surface area contributed by atoms with Gasteiger partial charge in [-0.25, -0.2) is 4.98 Å². The summed E-state index contributed by atoms with van der Waals surface area (Å²) >= 11 is 1.40. The zero-order valence-corrected chi connectivity index (χ0v) is 15.2. The summed E-state index contributed by atoms with van der Waals surface area (Å²) in [6.07, 6.45) is -2.94. The Morgan fingerprint density at radius 1 is 1.35 bits per heavy atom. The van der Waals surface area contributed by atoms with Crippen molar-refractivity contribution in [2.24, 2.45) is 5.92 Å². The van der Waals surface area contributed by atoms with Gasteiger partial charge >= 0.3 is 6.18 Å². The Bertz CT molecular complexity index is 767. The summed E-state index contributed by atoms with van der Waals surface area (Å²) < 4.78 is 38.4. The number of thiazole rings is 1. The molecule has 140 valence electrons. The first-order valence-electron chi connectivity index (χ1n) is 8.43. The number of carbonyl (C=O) groups excluding carboxylic acids is 1. The van der Waals surface area contributed by atoms with E-state index in [2.05, 4.69) is 15.2 Å². The standard InChI is InChI=1S/C18H20F3N3OS/c1-12-11-26-17(22-12)23-16(25)14-5-7-24(8-6-14)10-13-3-2-4-15(9-13)18(19,20)21/h2-4,9,11,14H,5-8,10H2,1H3,(H,22,23,25). The zero-order valence-electron chi connectivity index (χ0n) is 14.3. The maximum Gasteiger partial charge on any atom is 0.416 e. The summed E-state index contributed by atoms with van der Waals surface area (Å²) in [4.78, 5) is 18.6. The van der Waals surface area contributed by atoms with Gasteiger partial charge in [-0.1, -0.05) is 18.2 Å². The lowest BCUT2D eigenvalue weighted by molar-refractivity contribution is -0.137. The van der Waals surface area contributed by atoms with Crippen molar-refractivity contribution in [1.82, 2.24) is 9.88 Å². The SMILES string of the molecule is Cc1csc(NC(=O)C2CCN(Cc3cccc(C(F)(F)F)c3)CC2)n1. The van der Waals surface area contributed by atoms with Gasteiger partial charge in [-0.05, 0) is 44.5 Å². The average molecular weight is 383 g/mol. The largest absolute Gasteiger partial charge is 0.416 e. The van der Waals surface area contributed by atoms with Crippen LogP contribution in [0.5, 0.6) is 0 Å². The summed E-state index contributed by atoms with van der Waals surface area (Å²) in [6, 6.07) is 5.43. The molecular formula is C18H20F3N3OS. The number of alkyl halides is 3. The van der Waals surface area contributed by atoms with E-state index in [1.165, 1.54) is 23.5 Å². The summed E-state index contributed by atoms with van der Waals surface area (Å²) in [7, 11) is 0. The molecule has 0 atom stereocenters. The number of aromatic nitrogens is 1. The Kier molecular flexibility index (Phi) is 5.62. The van der Waals surface area contributed by atoms with Crippen LogP contribution < -0.4 is 5.32 Å². The van der Waals surface area contributed by atoms with E-state index in [9.17, 15) is 18.0 Å². The molecule has 3 rings (SSSR count). The quantitative estimate of drug-likeness (QED) is 0.855. The monoisotopic (exact) mass is 383 g/mol. The maximum absolute atomic E-state index is 12.8. The first kappa shape index (κ1) is 18.8. The fourth-order valence-electron chi connectivity index (χ4n) is 3.08. The Hall–Kier alpha value is -1.93. The molecule has 26 heavy (non-hydrogen) atoms. The number of halogens is 3. The lowest BCUT2D eigenvalue weighted by Crippen LogP contribution is -2.37. The second-order valence-corrected chi connectivity index (χ2v) is 7.39. The second-order valence-electron chi connectivity index (χ2n) is 6.53. The zero-order chi connectivity index (χ0) is 18.7. The normalized spacial score (nSPS) is 16.6. The Morgan fingerprint density at radius 3 is 2.69 bits per heavy atom. The van der Waals surface area contributed by atoms with Gasteiger partial charge in [0.2, 0.25) is 5.91 Å². The first-order chi connectivity index (χ1) is 12.3. The minimum atomic E-state index is -4.32. The van der Waals surface area contributed by atoms with Gasteiger partial charge < -0.3 is 5.32 Å². The van der Waals surface area contributed by atoms with Crippen LogP contribution in [-0.2, 0) is 17.5 Å². The van der Waals surface area contributed by atoms with Crippen molar-refractivity contribution in [2.75, 3.05) is 18.4 Å². The van der Waals surface area contributed by atoms with Crippen LogP contribution in [-0.4, -0.2) is 28.9 Å². The van der Waals surface area contributed by atoms with E-state index in [4.69, 9.17) is 0 Å². The number of aryl methyl sites for hydroxylation is 1. The molecule has 1 fully saturated rings. The number of rotatable bonds is 4. The van der Waals surface area contributed by atoms with E-state index in [0.717, 1.165) is 11.8 Å². The molecule has 1 saturated heterocycles. The number of nitrogens with one attached hydrogen (secondary N) is 1. The molecule has 2 heterocycles. The molecule has 8 heteroatoms. The molecule has 1 aliphatic heterocycles. The number of hydrogen-bond donors (Lipinski definition) is 1. The van der Waals surface area contributed by atoms with Crippen LogP contribution in [0.4, 0.5) is 18.3 Å². The van der Waals surface area contributed by atoms with Crippen LogP contribution in [0.1, 0.15) is 29.7 Å². The van der Waals surface area contributed by atoms with Gasteiger partial charge in [-0.2, -0.15) is 13.2 Å². The van der Waals surface area contributed by atoms with Crippen molar-refractivity contribution in [3.05, 3.63) is 46.5 Å². The molecule has 1 amide bonds. The fraction of sp³-hybridized carbons (Fsp3) is 0.444. The van der Waals surface area contributed by atoms with E-state index in [0.29, 0.717) is 43.2 Å². The number of benzene rings is 1. The summed E-state index contributed by atoms with van der Waals surface area (Å²) in [5.74, 6) is -0.116. The molecule has 1 aliphatic rings. The molecule has 0 unspecified atom stereocenters. The smallest absolute Gasteiger partial charge is 0.302 e. The van der Waals surface area contributed by atoms with Crippen molar-refractivity contribution in [1.29, 1.82) is 0 Å². The molecule has 2 aromatic rings. The van der Waals surface area contributed by atoms with E-state index >= 15 is 0 Å². The third kappa shape index (κ3) is 4.82. The fourth-order valence-corrected chi connectivity index (χ4v) is 3.77. The maximum atomic E-state index is 12.8. The number of anilines is 1. The molecule has 0 spiro atoms. The predicted octanol–water partition coefficient (Wildman–Crippen LogP) is 4.32. The van der Waals surface area contributed by atoms with Crippen LogP contribution >= 0.6 is 11.3 Å². The van der Waals surface area contributed by atoms with Gasteiger partial charge in [0.25, 0.3) is 0 Å². The highest BCUT2D eigenvalue weighted by Gasteiger charge is 2.31. The number of piperidine rings is 1. The average Bonchev–Trinajstić information content (AvgIpc) is 3.00. The third-order valence-electron chi connectivity index (χ3n) is 4.47. The lowest BCUT2D eigenvalue weighted by atomic mass is 9.95. The van der Waals surface area contributed by atoms with Crippen molar-refractivity contribution < 1.29 is 18.0 Å². The van der Waals surface area contributed by atoms with Gasteiger partial charge in [0, 0.05) is 17.8 Å². The topological polar surface area (TPSA) is 45.2 Å². The minimum absolute atomic E-state index is 0.0296. The van der Waals surface area contributed by atoms with Crippen molar-refractivity contribution in [2.45, 2.75) is 32.5 Å². The Labute approximate surface area is 154 Å². The summed E-state index contributed by atoms with van der Waals surface area (Å²) in [5.41, 5.74) is 0.894. The van der Waals surface area contributed by atoms with Gasteiger partial charge in [0.1, 0.15) is 0 Å². The van der Waals surface area contributed by atoms with Crippen molar-refractivity contribution in [3.8, 4) is 0 Å². The molecule has 0 bridgehead atoms. The predicted molar refractivity (Wildman–Crippen MR) is 94.9 cm³/mol. The van der Waals surface area contributed by atoms with Crippen LogP contribution in [0.15, 0.2) is 29.6 Å². The molecule has 1 aromatic heterocycles. The molecule has 0 saturated carbocycles. The highest BCUT2D eigenvalue weighted by molar-refractivity contribution is 7.13. The van der Waals surface area contributed by atoms with E-state index in [1.807, 2.05) is 12.3 Å². The Morgan fingerprint density at radius 2 is 2.08 bits per heavy atom. The third-order valence-corrected chi connectivity index (χ3v) is 5.34. The van der Waals surface area contributed by atoms with Crippen LogP contribution in [0.3, 0.4) is 0 Å². The summed E-state index contributed by atoms with van der Waals surface area (Å²) in [6.45, 7) is 3.71. The van der Waals surface area contributed by atoms with Gasteiger partial charge in [-0.3, -0.25) is 9.69 Å². The molecular weight excluding hydrogens is 363 g/mol. The van der Waals surface area contributed by atoms with Gasteiger partial charge in [-0.15, -0.1) is 11.3 Å². The summed E-state index contributed by atoms with van der Waals surface area (Å²) in [5, 5.41) is 5.34. The van der Waals surface area contributed by atoms with Crippen LogP contribution in [0, 0.1) is 12.8 Å². The van der Waals surface area contributed by atoms with E-state index in [-0.39, 0.29) is 11.8 Å². The number of hydrogen-bond acceptors (Lipinski definition) is 4. The molecule has 4 nitrogen and oxygen atoms in total. The minimum Gasteiger partial charge on any atom is -0.302 e. The molecule has 1 N–H and O–H groups in total. The Balaban J connectivity index is 1.51.